The fourth-order valence-electron chi connectivity index (χ4n) is 3.38. The third-order valence-corrected chi connectivity index (χ3v) is 6.85. The average molecular weight is 510 g/mol. The predicted octanol–water partition coefficient (Wildman–Crippen LogP) is 5.50. The van der Waals surface area contributed by atoms with Crippen LogP contribution in [0.5, 0.6) is 0 Å². The molecular formula is C24H19N3O6S2. The Labute approximate surface area is 201 Å². The van der Waals surface area contributed by atoms with Crippen LogP contribution in [0.25, 0.3) is 22.9 Å². The molecule has 35 heavy (non-hydrogen) atoms. The van der Waals surface area contributed by atoms with E-state index in [2.05, 4.69) is 10.2 Å². The van der Waals surface area contributed by atoms with E-state index < -0.39 is 20.2 Å². The first kappa shape index (κ1) is 24.2. The molecule has 0 spiro atoms. The Bertz CT molecular complexity index is 1700. The number of rotatable bonds is 6. The SMILES string of the molecule is Nc1ccc2cc(S(=O)(=O)O)ccc2c1N=Nc1ccc(C=Cc2ccccc2)c(S(=O)(=O)O)c1. The number of nitrogens with two attached hydrogens (primary N) is 1. The normalized spacial score (nSPS) is 12.6. The van der Waals surface area contributed by atoms with Crippen LogP contribution in [0.15, 0.2) is 98.9 Å². The van der Waals surface area contributed by atoms with Crippen molar-refractivity contribution < 1.29 is 25.9 Å². The first-order valence-electron chi connectivity index (χ1n) is 10.1. The van der Waals surface area contributed by atoms with E-state index in [-0.39, 0.29) is 32.4 Å². The summed E-state index contributed by atoms with van der Waals surface area (Å²) < 4.78 is 65.8. The van der Waals surface area contributed by atoms with E-state index in [1.54, 1.807) is 18.2 Å². The van der Waals surface area contributed by atoms with Crippen LogP contribution < -0.4 is 5.73 Å². The van der Waals surface area contributed by atoms with Gasteiger partial charge in [0.2, 0.25) is 0 Å². The Balaban J connectivity index is 1.74. The monoisotopic (exact) mass is 509 g/mol. The minimum atomic E-state index is -4.56. The molecule has 0 aliphatic heterocycles. The molecule has 0 amide bonds. The number of azo groups is 1. The van der Waals surface area contributed by atoms with Crippen LogP contribution in [0.1, 0.15) is 11.1 Å². The van der Waals surface area contributed by atoms with Crippen molar-refractivity contribution in [1.82, 2.24) is 0 Å². The zero-order valence-corrected chi connectivity index (χ0v) is 19.6. The van der Waals surface area contributed by atoms with Gasteiger partial charge >= 0.3 is 0 Å². The molecule has 0 radical (unpaired) electrons. The Hall–Kier alpha value is -3.90. The summed E-state index contributed by atoms with van der Waals surface area (Å²) in [7, 11) is -8.95. The fourth-order valence-corrected chi connectivity index (χ4v) is 4.60. The molecule has 0 bridgehead atoms. The topological polar surface area (TPSA) is 159 Å². The molecule has 0 aromatic heterocycles. The first-order valence-corrected chi connectivity index (χ1v) is 13.0. The van der Waals surface area contributed by atoms with E-state index in [4.69, 9.17) is 5.73 Å². The molecule has 0 atom stereocenters. The van der Waals surface area contributed by atoms with Crippen molar-refractivity contribution in [3.63, 3.8) is 0 Å². The first-order chi connectivity index (χ1) is 16.5. The molecule has 0 unspecified atom stereocenters. The van der Waals surface area contributed by atoms with Crippen LogP contribution in [-0.2, 0) is 20.2 Å². The summed E-state index contributed by atoms with van der Waals surface area (Å²) in [5.74, 6) is 0. The Morgan fingerprint density at radius 1 is 0.743 bits per heavy atom. The summed E-state index contributed by atoms with van der Waals surface area (Å²) in [4.78, 5) is -0.626. The molecule has 4 aromatic rings. The van der Waals surface area contributed by atoms with E-state index in [1.807, 2.05) is 30.3 Å². The third-order valence-electron chi connectivity index (χ3n) is 5.09. The molecule has 0 aliphatic carbocycles. The molecular weight excluding hydrogens is 490 g/mol. The second-order valence-corrected chi connectivity index (χ2v) is 10.3. The van der Waals surface area contributed by atoms with Crippen molar-refractivity contribution in [2.24, 2.45) is 10.2 Å². The summed E-state index contributed by atoms with van der Waals surface area (Å²) in [6, 6.07) is 20.4. The van der Waals surface area contributed by atoms with Crippen molar-refractivity contribution in [1.29, 1.82) is 0 Å². The summed E-state index contributed by atoms with van der Waals surface area (Å²) in [5.41, 5.74) is 7.75. The van der Waals surface area contributed by atoms with Gasteiger partial charge in [-0.05, 0) is 46.8 Å². The predicted molar refractivity (Wildman–Crippen MR) is 134 cm³/mol. The van der Waals surface area contributed by atoms with Gasteiger partial charge < -0.3 is 5.73 Å². The van der Waals surface area contributed by atoms with Crippen molar-refractivity contribution in [3.05, 3.63) is 90.0 Å². The van der Waals surface area contributed by atoms with Gasteiger partial charge in [-0.25, -0.2) is 0 Å². The van der Waals surface area contributed by atoms with E-state index in [0.29, 0.717) is 10.8 Å². The molecule has 0 heterocycles. The summed E-state index contributed by atoms with van der Waals surface area (Å²) in [6.45, 7) is 0. The minimum Gasteiger partial charge on any atom is -0.397 e. The lowest BCUT2D eigenvalue weighted by molar-refractivity contribution is 0.481. The van der Waals surface area contributed by atoms with Crippen LogP contribution in [0.3, 0.4) is 0 Å². The lowest BCUT2D eigenvalue weighted by Gasteiger charge is -2.07. The quantitative estimate of drug-likeness (QED) is 0.134. The van der Waals surface area contributed by atoms with E-state index in [9.17, 15) is 25.9 Å². The molecule has 0 saturated carbocycles. The van der Waals surface area contributed by atoms with Gasteiger partial charge in [0, 0.05) is 5.39 Å². The molecule has 4 rings (SSSR count). The minimum absolute atomic E-state index is 0.139. The second kappa shape index (κ2) is 9.39. The number of anilines is 1. The lowest BCUT2D eigenvalue weighted by Crippen LogP contribution is -2.00. The number of nitrogen functional groups attached to an aromatic ring is 1. The average Bonchev–Trinajstić information content (AvgIpc) is 2.81. The highest BCUT2D eigenvalue weighted by Crippen LogP contribution is 2.35. The molecule has 178 valence electrons. The van der Waals surface area contributed by atoms with Gasteiger partial charge in [-0.3, -0.25) is 9.11 Å². The van der Waals surface area contributed by atoms with Crippen molar-refractivity contribution >= 4 is 60.2 Å². The van der Waals surface area contributed by atoms with Gasteiger partial charge in [-0.2, -0.15) is 21.9 Å². The smallest absolute Gasteiger partial charge is 0.295 e. The molecule has 9 nitrogen and oxygen atoms in total. The molecule has 0 fully saturated rings. The standard InChI is InChI=1S/C24H19N3O6S2/c25-22-13-9-18-14-20(34(28,29)30)11-12-21(18)24(22)27-26-19-10-8-17(23(15-19)35(31,32)33)7-6-16-4-2-1-3-5-16/h1-15H,25H2,(H,28,29,30)(H,31,32,33). The molecule has 0 saturated heterocycles. The largest absolute Gasteiger partial charge is 0.397 e. The Morgan fingerprint density at radius 2 is 1.49 bits per heavy atom. The van der Waals surface area contributed by atoms with E-state index in [1.165, 1.54) is 42.5 Å². The highest BCUT2D eigenvalue weighted by atomic mass is 32.2. The zero-order chi connectivity index (χ0) is 25.2. The number of nitrogens with zero attached hydrogens (tertiary/aromatic N) is 2. The van der Waals surface area contributed by atoms with Crippen LogP contribution in [0, 0.1) is 0 Å². The van der Waals surface area contributed by atoms with Crippen LogP contribution in [0.4, 0.5) is 17.1 Å². The number of fused-ring (bicyclic) bond motifs is 1. The van der Waals surface area contributed by atoms with Gasteiger partial charge in [-0.1, -0.05) is 60.7 Å². The maximum Gasteiger partial charge on any atom is 0.295 e. The summed E-state index contributed by atoms with van der Waals surface area (Å²) >= 11 is 0. The van der Waals surface area contributed by atoms with Crippen LogP contribution >= 0.6 is 0 Å². The second-order valence-electron chi connectivity index (χ2n) is 7.50. The third kappa shape index (κ3) is 5.61. The molecule has 4 N–H and O–H groups in total. The van der Waals surface area contributed by atoms with E-state index >= 15 is 0 Å². The van der Waals surface area contributed by atoms with E-state index in [0.717, 1.165) is 5.56 Å². The summed E-state index contributed by atoms with van der Waals surface area (Å²) in [5, 5.41) is 9.12. The van der Waals surface area contributed by atoms with Gasteiger partial charge in [0.25, 0.3) is 20.2 Å². The highest BCUT2D eigenvalue weighted by molar-refractivity contribution is 7.86. The number of hydrogen-bond donors (Lipinski definition) is 3. The fraction of sp³-hybridized carbons (Fsp3) is 0. The maximum absolute atomic E-state index is 12.0. The van der Waals surface area contributed by atoms with Gasteiger partial charge in [0.15, 0.2) is 0 Å². The zero-order valence-electron chi connectivity index (χ0n) is 18.0. The van der Waals surface area contributed by atoms with Crippen molar-refractivity contribution in [2.75, 3.05) is 5.73 Å². The Kier molecular flexibility index (Phi) is 6.50. The maximum atomic E-state index is 12.0. The molecule has 11 heteroatoms. The number of hydrogen-bond acceptors (Lipinski definition) is 7. The summed E-state index contributed by atoms with van der Waals surface area (Å²) in [6.07, 6.45) is 3.28. The Morgan fingerprint density at radius 3 is 2.17 bits per heavy atom. The molecule has 0 aliphatic rings. The molecule has 4 aromatic carbocycles. The van der Waals surface area contributed by atoms with Gasteiger partial charge in [0.1, 0.15) is 10.6 Å². The van der Waals surface area contributed by atoms with Crippen molar-refractivity contribution in [3.8, 4) is 0 Å². The van der Waals surface area contributed by atoms with Gasteiger partial charge in [0.05, 0.1) is 16.3 Å². The van der Waals surface area contributed by atoms with Crippen LogP contribution in [-0.4, -0.2) is 25.9 Å². The highest BCUT2D eigenvalue weighted by Gasteiger charge is 2.16. The van der Waals surface area contributed by atoms with Crippen molar-refractivity contribution in [2.45, 2.75) is 9.79 Å². The van der Waals surface area contributed by atoms with Gasteiger partial charge in [-0.15, -0.1) is 5.11 Å². The number of benzene rings is 4. The van der Waals surface area contributed by atoms with Crippen LogP contribution in [0.2, 0.25) is 0 Å². The lowest BCUT2D eigenvalue weighted by atomic mass is 10.1.